The zero-order valence-corrected chi connectivity index (χ0v) is 20.2. The number of imidazole rings is 1. The summed E-state index contributed by atoms with van der Waals surface area (Å²) in [5, 5.41) is 5.94. The first kappa shape index (κ1) is 22.1. The monoisotopic (exact) mass is 486 g/mol. The van der Waals surface area contributed by atoms with Gasteiger partial charge in [-0.3, -0.25) is 5.01 Å². The molecule has 7 nitrogen and oxygen atoms in total. The lowest BCUT2D eigenvalue weighted by atomic mass is 9.96. The van der Waals surface area contributed by atoms with Gasteiger partial charge in [0, 0.05) is 30.8 Å². The molecule has 0 spiro atoms. The standard InChI is InChI=1S/C27H27ClN6O/c28-25-17-33(18-29-25)34-13-11-20-16-21(34)8-4-5-14-35-15-12-24-23-10-9-22(19-6-2-1-3-7-19)26(23)32-27(30-20)31-24/h1-3,6-8,11,13,16-18,22H,4-5,9-10,12,14-15H2,(H,30,31,32)/b21-8-. The summed E-state index contributed by atoms with van der Waals surface area (Å²) < 4.78 is 7.85. The van der Waals surface area contributed by atoms with Crippen molar-refractivity contribution in [1.29, 1.82) is 0 Å². The Balaban J connectivity index is 1.36. The molecule has 1 atom stereocenters. The fraction of sp³-hybridized carbons (Fsp3) is 0.296. The van der Waals surface area contributed by atoms with Gasteiger partial charge in [-0.2, -0.15) is 0 Å². The van der Waals surface area contributed by atoms with Crippen LogP contribution in [0.25, 0.3) is 0 Å². The normalized spacial score (nSPS) is 21.4. The summed E-state index contributed by atoms with van der Waals surface area (Å²) in [5.74, 6) is 0.925. The third-order valence-corrected chi connectivity index (χ3v) is 6.87. The lowest BCUT2D eigenvalue weighted by Gasteiger charge is -2.26. The van der Waals surface area contributed by atoms with Crippen LogP contribution in [0.4, 0.5) is 5.95 Å². The lowest BCUT2D eigenvalue weighted by molar-refractivity contribution is 0.134. The summed E-state index contributed by atoms with van der Waals surface area (Å²) in [5.41, 5.74) is 6.79. The molecule has 3 aromatic rings. The van der Waals surface area contributed by atoms with Crippen LogP contribution in [0, 0.1) is 0 Å². The average Bonchev–Trinajstić information content (AvgIpc) is 3.50. The van der Waals surface area contributed by atoms with Crippen molar-refractivity contribution in [3.8, 4) is 0 Å². The number of benzene rings is 1. The Bertz CT molecular complexity index is 1310. The van der Waals surface area contributed by atoms with Crippen molar-refractivity contribution >= 4 is 17.5 Å². The van der Waals surface area contributed by atoms with Crippen LogP contribution in [-0.4, -0.2) is 32.8 Å². The van der Waals surface area contributed by atoms with Gasteiger partial charge in [-0.1, -0.05) is 48.0 Å². The molecule has 0 fully saturated rings. The molecule has 6 rings (SSSR count). The van der Waals surface area contributed by atoms with Gasteiger partial charge in [0.05, 0.1) is 29.9 Å². The number of hydrogen-bond donors (Lipinski definition) is 1. The maximum atomic E-state index is 6.07. The zero-order valence-electron chi connectivity index (χ0n) is 19.4. The molecule has 4 bridgehead atoms. The summed E-state index contributed by atoms with van der Waals surface area (Å²) in [4.78, 5) is 14.1. The molecule has 8 heteroatoms. The van der Waals surface area contributed by atoms with Crippen molar-refractivity contribution in [2.24, 2.45) is 0 Å². The van der Waals surface area contributed by atoms with Crippen LogP contribution in [0.15, 0.2) is 78.7 Å². The van der Waals surface area contributed by atoms with E-state index in [1.807, 2.05) is 22.0 Å². The number of rotatable bonds is 2. The van der Waals surface area contributed by atoms with E-state index in [2.05, 4.69) is 52.8 Å². The topological polar surface area (TPSA) is 68.1 Å². The van der Waals surface area contributed by atoms with Gasteiger partial charge in [0.25, 0.3) is 0 Å². The van der Waals surface area contributed by atoms with Crippen molar-refractivity contribution in [1.82, 2.24) is 19.6 Å². The van der Waals surface area contributed by atoms with Gasteiger partial charge in [-0.15, -0.1) is 0 Å². The molecule has 35 heavy (non-hydrogen) atoms. The lowest BCUT2D eigenvalue weighted by Crippen LogP contribution is -2.29. The molecule has 178 valence electrons. The summed E-state index contributed by atoms with van der Waals surface area (Å²) in [7, 11) is 0. The fourth-order valence-corrected chi connectivity index (χ4v) is 5.15. The molecule has 3 aliphatic rings. The Morgan fingerprint density at radius 1 is 1.09 bits per heavy atom. The highest BCUT2D eigenvalue weighted by atomic mass is 35.5. The highest BCUT2D eigenvalue weighted by Gasteiger charge is 2.29. The maximum Gasteiger partial charge on any atom is 0.227 e. The summed E-state index contributed by atoms with van der Waals surface area (Å²) in [6.45, 7) is 1.38. The van der Waals surface area contributed by atoms with Gasteiger partial charge in [-0.25, -0.2) is 19.6 Å². The molecule has 0 saturated heterocycles. The second-order valence-electron chi connectivity index (χ2n) is 8.95. The molecular weight excluding hydrogens is 460 g/mol. The van der Waals surface area contributed by atoms with E-state index >= 15 is 0 Å². The second kappa shape index (κ2) is 9.68. The van der Waals surface area contributed by atoms with Crippen LogP contribution in [-0.2, 0) is 17.6 Å². The van der Waals surface area contributed by atoms with Gasteiger partial charge >= 0.3 is 0 Å². The molecule has 1 N–H and O–H groups in total. The van der Waals surface area contributed by atoms with Crippen LogP contribution in [0.5, 0.6) is 0 Å². The Morgan fingerprint density at radius 3 is 2.86 bits per heavy atom. The first-order valence-corrected chi connectivity index (χ1v) is 12.5. The SMILES string of the molecule is Clc1cn(N2C=CC3=C/C2=C/CCCOCCc2nc(nc4c2CCC4c2ccccc2)N3)cn1. The van der Waals surface area contributed by atoms with E-state index in [1.54, 1.807) is 12.5 Å². The number of ether oxygens (including phenoxy) is 1. The van der Waals surface area contributed by atoms with Crippen molar-refractivity contribution in [3.05, 3.63) is 106 Å². The van der Waals surface area contributed by atoms with E-state index in [0.717, 1.165) is 61.5 Å². The third-order valence-electron chi connectivity index (χ3n) is 6.68. The Kier molecular flexibility index (Phi) is 6.10. The van der Waals surface area contributed by atoms with Gasteiger partial charge in [0.15, 0.2) is 0 Å². The molecule has 2 aliphatic heterocycles. The number of nitrogens with zero attached hydrogens (tertiary/aromatic N) is 5. The fourth-order valence-electron chi connectivity index (χ4n) is 5.00. The van der Waals surface area contributed by atoms with Crippen molar-refractivity contribution in [3.63, 3.8) is 0 Å². The van der Waals surface area contributed by atoms with Crippen LogP contribution in [0.2, 0.25) is 5.15 Å². The van der Waals surface area contributed by atoms with E-state index in [9.17, 15) is 0 Å². The van der Waals surface area contributed by atoms with Crippen LogP contribution in [0.1, 0.15) is 47.7 Å². The number of aromatic nitrogens is 4. The summed E-state index contributed by atoms with van der Waals surface area (Å²) in [6, 6.07) is 10.7. The quantitative estimate of drug-likeness (QED) is 0.543. The van der Waals surface area contributed by atoms with Crippen molar-refractivity contribution in [2.75, 3.05) is 23.5 Å². The van der Waals surface area contributed by atoms with Crippen LogP contribution in [0.3, 0.4) is 0 Å². The summed E-state index contributed by atoms with van der Waals surface area (Å²) in [6.07, 6.45) is 16.5. The summed E-state index contributed by atoms with van der Waals surface area (Å²) >= 11 is 6.07. The van der Waals surface area contributed by atoms with Gasteiger partial charge < -0.3 is 10.1 Å². The van der Waals surface area contributed by atoms with Gasteiger partial charge in [0.1, 0.15) is 11.5 Å². The molecular formula is C27H27ClN6O. The third kappa shape index (κ3) is 4.61. The number of fused-ring (bicyclic) bond motifs is 5. The van der Waals surface area contributed by atoms with Crippen molar-refractivity contribution < 1.29 is 4.74 Å². The highest BCUT2D eigenvalue weighted by molar-refractivity contribution is 6.29. The second-order valence-corrected chi connectivity index (χ2v) is 9.34. The molecule has 1 unspecified atom stereocenters. The van der Waals surface area contributed by atoms with E-state index < -0.39 is 0 Å². The smallest absolute Gasteiger partial charge is 0.227 e. The Labute approximate surface area is 209 Å². The molecule has 0 amide bonds. The first-order valence-electron chi connectivity index (χ1n) is 12.1. The van der Waals surface area contributed by atoms with Crippen molar-refractivity contribution in [2.45, 2.75) is 38.0 Å². The van der Waals surface area contributed by atoms with E-state index in [4.69, 9.17) is 26.3 Å². The number of allylic oxidation sites excluding steroid dienone is 3. The minimum absolute atomic E-state index is 0.293. The average molecular weight is 487 g/mol. The predicted molar refractivity (Wildman–Crippen MR) is 137 cm³/mol. The minimum Gasteiger partial charge on any atom is -0.381 e. The van der Waals surface area contributed by atoms with Gasteiger partial charge in [0.2, 0.25) is 5.95 Å². The van der Waals surface area contributed by atoms with E-state index in [0.29, 0.717) is 23.6 Å². The van der Waals surface area contributed by atoms with E-state index in [1.165, 1.54) is 11.1 Å². The zero-order chi connectivity index (χ0) is 23.6. The molecule has 0 radical (unpaired) electrons. The molecule has 0 saturated carbocycles. The molecule has 1 aromatic carbocycles. The largest absolute Gasteiger partial charge is 0.381 e. The maximum absolute atomic E-state index is 6.07. The van der Waals surface area contributed by atoms with Crippen LogP contribution >= 0.6 is 11.6 Å². The Morgan fingerprint density at radius 2 is 2.00 bits per heavy atom. The first-order chi connectivity index (χ1) is 17.2. The highest BCUT2D eigenvalue weighted by Crippen LogP contribution is 2.39. The van der Waals surface area contributed by atoms with E-state index in [-0.39, 0.29) is 0 Å². The minimum atomic E-state index is 0.293. The Hall–Kier alpha value is -3.42. The van der Waals surface area contributed by atoms with Gasteiger partial charge in [-0.05, 0) is 49.0 Å². The number of halogens is 1. The molecule has 4 heterocycles. The number of anilines is 1. The van der Waals surface area contributed by atoms with Crippen LogP contribution < -0.4 is 10.3 Å². The predicted octanol–water partition coefficient (Wildman–Crippen LogP) is 5.10. The number of nitrogens with one attached hydrogen (secondary N) is 1. The number of hydrogen-bond acceptors (Lipinski definition) is 6. The molecule has 1 aliphatic carbocycles. The molecule has 2 aromatic heterocycles.